The second-order valence-electron chi connectivity index (χ2n) is 12.5. The molecule has 0 heterocycles. The largest absolute Gasteiger partial charge is 0.394 e. The Bertz CT molecular complexity index is 568. The van der Waals surface area contributed by atoms with E-state index in [-0.39, 0.29) is 18.9 Å². The van der Waals surface area contributed by atoms with Gasteiger partial charge in [0, 0.05) is 0 Å². The molecule has 3 unspecified atom stereocenters. The highest BCUT2D eigenvalue weighted by Crippen LogP contribution is 2.15. The van der Waals surface area contributed by atoms with Gasteiger partial charge in [-0.15, -0.1) is 0 Å². The number of hydrogen-bond donors (Lipinski definition) is 4. The SMILES string of the molecule is CCCCCCCCCCCCCCCCCCC/C=C/C(O)C(CO)NC(=O)CC(O)CCCCCCCCC. The van der Waals surface area contributed by atoms with E-state index in [4.69, 9.17) is 0 Å². The third-order valence-electron chi connectivity index (χ3n) is 8.32. The number of unbranched alkanes of at least 4 members (excludes halogenated alkanes) is 23. The Hall–Kier alpha value is -0.910. The molecule has 5 nitrogen and oxygen atoms in total. The van der Waals surface area contributed by atoms with E-state index in [1.165, 1.54) is 135 Å². The van der Waals surface area contributed by atoms with E-state index in [0.29, 0.717) is 6.42 Å². The Balaban J connectivity index is 3.67. The van der Waals surface area contributed by atoms with Crippen LogP contribution in [0.3, 0.4) is 0 Å². The van der Waals surface area contributed by atoms with E-state index in [1.54, 1.807) is 6.08 Å². The van der Waals surface area contributed by atoms with Crippen molar-refractivity contribution in [2.45, 2.75) is 205 Å². The maximum absolute atomic E-state index is 12.3. The molecule has 244 valence electrons. The van der Waals surface area contributed by atoms with Crippen LogP contribution in [0.25, 0.3) is 0 Å². The summed E-state index contributed by atoms with van der Waals surface area (Å²) in [6.45, 7) is 4.16. The number of allylic oxidation sites excluding steroid dienone is 1. The number of aliphatic hydroxyl groups is 3. The molecule has 1 amide bonds. The Labute approximate surface area is 255 Å². The summed E-state index contributed by atoms with van der Waals surface area (Å²) >= 11 is 0. The van der Waals surface area contributed by atoms with Gasteiger partial charge in [-0.25, -0.2) is 0 Å². The first-order valence-electron chi connectivity index (χ1n) is 18.0. The molecule has 3 atom stereocenters. The van der Waals surface area contributed by atoms with E-state index in [2.05, 4.69) is 19.2 Å². The number of carbonyl (C=O) groups is 1. The molecule has 0 aliphatic rings. The van der Waals surface area contributed by atoms with Gasteiger partial charge in [-0.05, 0) is 19.3 Å². The van der Waals surface area contributed by atoms with Crippen molar-refractivity contribution < 1.29 is 20.1 Å². The summed E-state index contributed by atoms with van der Waals surface area (Å²) in [5.74, 6) is -0.319. The van der Waals surface area contributed by atoms with Gasteiger partial charge >= 0.3 is 0 Å². The molecule has 0 rings (SSSR count). The lowest BCUT2D eigenvalue weighted by atomic mass is 10.0. The van der Waals surface area contributed by atoms with E-state index < -0.39 is 18.2 Å². The van der Waals surface area contributed by atoms with Gasteiger partial charge in [0.15, 0.2) is 0 Å². The number of amides is 1. The summed E-state index contributed by atoms with van der Waals surface area (Å²) < 4.78 is 0. The standard InChI is InChI=1S/C36H71NO4/c1-3-5-7-9-11-12-13-14-15-16-17-18-19-20-21-22-24-26-28-30-35(40)34(32-38)37-36(41)31-33(39)29-27-25-23-10-8-6-4-2/h28,30,33-35,38-40H,3-27,29,31-32H2,1-2H3,(H,37,41)/b30-28+. The van der Waals surface area contributed by atoms with Gasteiger partial charge in [-0.1, -0.05) is 174 Å². The second kappa shape index (κ2) is 32.0. The van der Waals surface area contributed by atoms with Crippen molar-refractivity contribution in [3.63, 3.8) is 0 Å². The van der Waals surface area contributed by atoms with E-state index in [1.807, 2.05) is 6.08 Å². The number of rotatable bonds is 32. The fourth-order valence-electron chi connectivity index (χ4n) is 5.51. The van der Waals surface area contributed by atoms with Crippen molar-refractivity contribution in [3.8, 4) is 0 Å². The zero-order valence-electron chi connectivity index (χ0n) is 27.4. The fraction of sp³-hybridized carbons (Fsp3) is 0.917. The number of aliphatic hydroxyl groups excluding tert-OH is 3. The highest BCUT2D eigenvalue weighted by atomic mass is 16.3. The predicted octanol–water partition coefficient (Wildman–Crippen LogP) is 9.31. The number of hydrogen-bond acceptors (Lipinski definition) is 4. The first-order valence-corrected chi connectivity index (χ1v) is 18.0. The van der Waals surface area contributed by atoms with Gasteiger partial charge in [-0.3, -0.25) is 4.79 Å². The first-order chi connectivity index (χ1) is 20.0. The molecule has 0 saturated heterocycles. The molecule has 0 aromatic rings. The van der Waals surface area contributed by atoms with Crippen molar-refractivity contribution in [2.24, 2.45) is 0 Å². The highest BCUT2D eigenvalue weighted by molar-refractivity contribution is 5.76. The summed E-state index contributed by atoms with van der Waals surface area (Å²) in [5.41, 5.74) is 0. The zero-order chi connectivity index (χ0) is 30.2. The summed E-state index contributed by atoms with van der Waals surface area (Å²) in [7, 11) is 0. The minimum atomic E-state index is -0.921. The lowest BCUT2D eigenvalue weighted by Gasteiger charge is -2.21. The third-order valence-corrected chi connectivity index (χ3v) is 8.32. The Kier molecular flexibility index (Phi) is 31.3. The predicted molar refractivity (Wildman–Crippen MR) is 176 cm³/mol. The lowest BCUT2D eigenvalue weighted by molar-refractivity contribution is -0.124. The van der Waals surface area contributed by atoms with E-state index >= 15 is 0 Å². The Morgan fingerprint density at radius 2 is 1.00 bits per heavy atom. The molecule has 0 aliphatic carbocycles. The molecule has 0 spiro atoms. The average molecular weight is 582 g/mol. The smallest absolute Gasteiger partial charge is 0.222 e. The molecule has 0 aliphatic heterocycles. The van der Waals surface area contributed by atoms with Crippen molar-refractivity contribution in [1.82, 2.24) is 5.32 Å². The summed E-state index contributed by atoms with van der Waals surface area (Å²) in [6, 6.07) is -0.736. The molecule has 0 fully saturated rings. The van der Waals surface area contributed by atoms with Crippen LogP contribution >= 0.6 is 0 Å². The minimum Gasteiger partial charge on any atom is -0.394 e. The van der Waals surface area contributed by atoms with Crippen LogP contribution in [0.15, 0.2) is 12.2 Å². The van der Waals surface area contributed by atoms with Crippen LogP contribution in [0.4, 0.5) is 0 Å². The summed E-state index contributed by atoms with van der Waals surface area (Å²) in [6.07, 6.45) is 34.9. The van der Waals surface area contributed by atoms with Crippen molar-refractivity contribution in [2.75, 3.05) is 6.61 Å². The maximum atomic E-state index is 12.3. The normalized spacial score (nSPS) is 14.0. The first kappa shape index (κ1) is 40.1. The number of carbonyl (C=O) groups excluding carboxylic acids is 1. The van der Waals surface area contributed by atoms with Gasteiger partial charge in [0.2, 0.25) is 5.91 Å². The quantitative estimate of drug-likeness (QED) is 0.0471. The molecule has 0 radical (unpaired) electrons. The minimum absolute atomic E-state index is 0.0159. The van der Waals surface area contributed by atoms with Gasteiger partial charge in [-0.2, -0.15) is 0 Å². The zero-order valence-corrected chi connectivity index (χ0v) is 27.4. The van der Waals surface area contributed by atoms with Crippen LogP contribution in [0.5, 0.6) is 0 Å². The molecule has 5 heteroatoms. The molecular weight excluding hydrogens is 510 g/mol. The van der Waals surface area contributed by atoms with Gasteiger partial charge < -0.3 is 20.6 Å². The molecule has 4 N–H and O–H groups in total. The van der Waals surface area contributed by atoms with Gasteiger partial charge in [0.1, 0.15) is 0 Å². The molecule has 0 aromatic carbocycles. The van der Waals surface area contributed by atoms with Gasteiger partial charge in [0.25, 0.3) is 0 Å². The molecule has 0 saturated carbocycles. The monoisotopic (exact) mass is 582 g/mol. The maximum Gasteiger partial charge on any atom is 0.222 e. The third kappa shape index (κ3) is 29.0. The van der Waals surface area contributed by atoms with Crippen molar-refractivity contribution in [3.05, 3.63) is 12.2 Å². The lowest BCUT2D eigenvalue weighted by Crippen LogP contribution is -2.45. The second-order valence-corrected chi connectivity index (χ2v) is 12.5. The van der Waals surface area contributed by atoms with Crippen LogP contribution in [0.1, 0.15) is 187 Å². The van der Waals surface area contributed by atoms with Crippen molar-refractivity contribution >= 4 is 5.91 Å². The average Bonchev–Trinajstić information content (AvgIpc) is 2.96. The molecule has 0 aromatic heterocycles. The van der Waals surface area contributed by atoms with Gasteiger partial charge in [0.05, 0.1) is 31.3 Å². The van der Waals surface area contributed by atoms with E-state index in [0.717, 1.165) is 25.7 Å². The fourth-order valence-corrected chi connectivity index (χ4v) is 5.51. The molecule has 41 heavy (non-hydrogen) atoms. The van der Waals surface area contributed by atoms with Crippen molar-refractivity contribution in [1.29, 1.82) is 0 Å². The molecule has 0 bridgehead atoms. The van der Waals surface area contributed by atoms with Crippen LogP contribution in [-0.4, -0.2) is 46.1 Å². The van der Waals surface area contributed by atoms with Crippen LogP contribution < -0.4 is 5.32 Å². The topological polar surface area (TPSA) is 89.8 Å². The van der Waals surface area contributed by atoms with Crippen LogP contribution in [0, 0.1) is 0 Å². The summed E-state index contributed by atoms with van der Waals surface area (Å²) in [4.78, 5) is 12.3. The van der Waals surface area contributed by atoms with Crippen LogP contribution in [0.2, 0.25) is 0 Å². The number of nitrogens with one attached hydrogen (secondary N) is 1. The molecular formula is C36H71NO4. The van der Waals surface area contributed by atoms with Crippen LogP contribution in [-0.2, 0) is 4.79 Å². The summed E-state index contributed by atoms with van der Waals surface area (Å²) in [5, 5.41) is 32.8. The Morgan fingerprint density at radius 3 is 1.41 bits per heavy atom. The Morgan fingerprint density at radius 1 is 0.610 bits per heavy atom. The highest BCUT2D eigenvalue weighted by Gasteiger charge is 2.20. The van der Waals surface area contributed by atoms with E-state index in [9.17, 15) is 20.1 Å².